The zero-order chi connectivity index (χ0) is 26.9. The highest BCUT2D eigenvalue weighted by atomic mass is 32.1. The number of ether oxygens (including phenoxy) is 2. The van der Waals surface area contributed by atoms with Crippen LogP contribution in [-0.2, 0) is 6.54 Å². The van der Waals surface area contributed by atoms with Crippen LogP contribution in [0.5, 0.6) is 11.6 Å². The van der Waals surface area contributed by atoms with Crippen molar-refractivity contribution in [1.29, 1.82) is 0 Å². The largest absolute Gasteiger partial charge is 0.573 e. The lowest BCUT2D eigenvalue weighted by molar-refractivity contribution is -0.274. The molecule has 1 aliphatic carbocycles. The molecule has 3 heterocycles. The number of fused-ring (bicyclic) bond motifs is 1. The van der Waals surface area contributed by atoms with Gasteiger partial charge in [-0.15, -0.1) is 24.5 Å². The molecule has 1 aromatic carbocycles. The van der Waals surface area contributed by atoms with Gasteiger partial charge < -0.3 is 23.7 Å². The normalized spacial score (nSPS) is 21.7. The highest BCUT2D eigenvalue weighted by molar-refractivity contribution is 7.07. The molecule has 1 saturated carbocycles. The van der Waals surface area contributed by atoms with Crippen molar-refractivity contribution in [2.24, 2.45) is 17.8 Å². The zero-order valence-corrected chi connectivity index (χ0v) is 22.0. The van der Waals surface area contributed by atoms with Gasteiger partial charge in [0.25, 0.3) is 0 Å². The van der Waals surface area contributed by atoms with Crippen LogP contribution in [0.25, 0.3) is 0 Å². The molecule has 1 aliphatic heterocycles. The van der Waals surface area contributed by atoms with Gasteiger partial charge in [-0.25, -0.2) is 9.78 Å². The van der Waals surface area contributed by atoms with Crippen molar-refractivity contribution in [3.05, 3.63) is 64.4 Å². The van der Waals surface area contributed by atoms with Gasteiger partial charge in [-0.3, -0.25) is 0 Å². The van der Waals surface area contributed by atoms with Gasteiger partial charge in [-0.2, -0.15) is 0 Å². The molecule has 0 bridgehead atoms. The molecule has 2 aromatic heterocycles. The van der Waals surface area contributed by atoms with Crippen molar-refractivity contribution >= 4 is 17.4 Å². The fourth-order valence-corrected chi connectivity index (χ4v) is 5.80. The van der Waals surface area contributed by atoms with E-state index in [9.17, 15) is 18.0 Å². The summed E-state index contributed by atoms with van der Waals surface area (Å²) in [5.41, 5.74) is 2.09. The number of amides is 1. The van der Waals surface area contributed by atoms with Gasteiger partial charge >= 0.3 is 12.5 Å². The summed E-state index contributed by atoms with van der Waals surface area (Å²) in [6.07, 6.45) is -4.34. The van der Waals surface area contributed by atoms with Crippen molar-refractivity contribution in [2.45, 2.75) is 39.1 Å². The second-order valence-electron chi connectivity index (χ2n) is 10.2. The van der Waals surface area contributed by atoms with E-state index < -0.39 is 12.5 Å². The number of halogens is 3. The average Bonchev–Trinajstić information content (AvgIpc) is 3.35. The number of carbonyl (C=O) groups excluding carboxylic acids is 1. The lowest BCUT2D eigenvalue weighted by Gasteiger charge is -2.25. The molecule has 3 atom stereocenters. The molecule has 5 rings (SSSR count). The highest BCUT2D eigenvalue weighted by Gasteiger charge is 2.56. The van der Waals surface area contributed by atoms with Crippen molar-refractivity contribution in [1.82, 2.24) is 14.8 Å². The Morgan fingerprint density at radius 1 is 1.26 bits per heavy atom. The van der Waals surface area contributed by atoms with Gasteiger partial charge in [0.15, 0.2) is 0 Å². The number of carbonyl (C=O) groups is 1. The quantitative estimate of drug-likeness (QED) is 0.295. The lowest BCUT2D eigenvalue weighted by Crippen LogP contribution is -2.37. The van der Waals surface area contributed by atoms with Crippen LogP contribution < -0.4 is 9.47 Å². The molecule has 7 nitrogen and oxygen atoms in total. The summed E-state index contributed by atoms with van der Waals surface area (Å²) in [7, 11) is 0. The summed E-state index contributed by atoms with van der Waals surface area (Å²) in [6, 6.07) is 9.73. The minimum atomic E-state index is -4.78. The van der Waals surface area contributed by atoms with E-state index >= 15 is 0 Å². The Balaban J connectivity index is 1.18. The van der Waals surface area contributed by atoms with Gasteiger partial charge in [-0.1, -0.05) is 19.1 Å². The number of thiazole rings is 1. The number of hydrogen-bond acceptors (Lipinski definition) is 7. The Labute approximate surface area is 223 Å². The first kappa shape index (κ1) is 26.6. The first-order chi connectivity index (χ1) is 18.1. The molecule has 2 aliphatic rings. The Morgan fingerprint density at radius 3 is 2.71 bits per heavy atom. The van der Waals surface area contributed by atoms with E-state index in [1.807, 2.05) is 19.1 Å². The Bertz CT molecular complexity index is 1220. The van der Waals surface area contributed by atoms with E-state index in [1.54, 1.807) is 21.9 Å². The number of benzene rings is 1. The number of furan rings is 1. The molecule has 1 saturated heterocycles. The zero-order valence-electron chi connectivity index (χ0n) is 21.2. The molecular formula is C27H30F3N3O4S. The third kappa shape index (κ3) is 6.68. The molecule has 38 heavy (non-hydrogen) atoms. The van der Waals surface area contributed by atoms with Gasteiger partial charge in [0, 0.05) is 32.1 Å². The van der Waals surface area contributed by atoms with Crippen molar-refractivity contribution in [3.63, 3.8) is 0 Å². The Kier molecular flexibility index (Phi) is 7.67. The molecule has 204 valence electrons. The van der Waals surface area contributed by atoms with Crippen LogP contribution in [0, 0.1) is 24.7 Å². The van der Waals surface area contributed by atoms with Crippen LogP contribution in [0.3, 0.4) is 0 Å². The fraction of sp³-hybridized carbons (Fsp3) is 0.481. The predicted octanol–water partition coefficient (Wildman–Crippen LogP) is 6.32. The Hall–Kier alpha value is -3.05. The summed E-state index contributed by atoms with van der Waals surface area (Å²) in [6.45, 7) is 7.65. The maximum atomic E-state index is 13.0. The molecule has 2 fully saturated rings. The van der Waals surface area contributed by atoms with E-state index in [4.69, 9.17) is 9.15 Å². The number of piperidine rings is 1. The Morgan fingerprint density at radius 2 is 2.05 bits per heavy atom. The van der Waals surface area contributed by atoms with E-state index in [0.717, 1.165) is 37.6 Å². The number of rotatable bonds is 10. The number of nitrogens with zero attached hydrogens (tertiary/aromatic N) is 3. The molecular weight excluding hydrogens is 519 g/mol. The van der Waals surface area contributed by atoms with Crippen molar-refractivity contribution in [3.8, 4) is 11.6 Å². The molecule has 3 unspecified atom stereocenters. The number of aryl methyl sites for hydroxylation is 1. The minimum Gasteiger partial charge on any atom is -0.466 e. The van der Waals surface area contributed by atoms with Gasteiger partial charge in [0.2, 0.25) is 5.88 Å². The third-order valence-electron chi connectivity index (χ3n) is 7.37. The maximum Gasteiger partial charge on any atom is 0.573 e. The topological polar surface area (TPSA) is 68.0 Å². The van der Waals surface area contributed by atoms with Crippen LogP contribution in [0.4, 0.5) is 18.0 Å². The summed E-state index contributed by atoms with van der Waals surface area (Å²) in [5.74, 6) is 3.50. The summed E-state index contributed by atoms with van der Waals surface area (Å²) >= 11 is 1.31. The third-order valence-corrected chi connectivity index (χ3v) is 7.93. The molecule has 0 radical (unpaired) electrons. The summed E-state index contributed by atoms with van der Waals surface area (Å²) < 4.78 is 53.3. The standard InChI is InChI=1S/C27H30F3N3O4S/c1-17(24-7-6-18(2)35-24)8-9-32-12-21-22(13-32)23(21)14-33(26(34)36-25-15-38-16-31-25)11-19-4-3-5-20(10-19)37-27(28,29)30/h3-7,10,15-17,21-23H,8-9,11-14H2,1-2H3. The summed E-state index contributed by atoms with van der Waals surface area (Å²) in [4.78, 5) is 21.1. The molecule has 11 heteroatoms. The lowest BCUT2D eigenvalue weighted by atomic mass is 10.0. The summed E-state index contributed by atoms with van der Waals surface area (Å²) in [5, 5.41) is 1.63. The molecule has 3 aromatic rings. The maximum absolute atomic E-state index is 13.0. The van der Waals surface area contributed by atoms with E-state index in [2.05, 4.69) is 21.5 Å². The number of alkyl halides is 3. The smallest absolute Gasteiger partial charge is 0.466 e. The average molecular weight is 550 g/mol. The van der Waals surface area contributed by atoms with Crippen LogP contribution in [0.15, 0.2) is 51.7 Å². The minimum absolute atomic E-state index is 0.109. The molecule has 0 N–H and O–H groups in total. The second-order valence-corrected chi connectivity index (χ2v) is 10.9. The van der Waals surface area contributed by atoms with E-state index in [1.165, 1.54) is 29.5 Å². The monoisotopic (exact) mass is 549 g/mol. The number of aromatic nitrogens is 1. The first-order valence-corrected chi connectivity index (χ1v) is 13.6. The van der Waals surface area contributed by atoms with Crippen molar-refractivity contribution < 1.29 is 31.9 Å². The van der Waals surface area contributed by atoms with Gasteiger partial charge in [0.05, 0.1) is 10.9 Å². The van der Waals surface area contributed by atoms with E-state index in [-0.39, 0.29) is 18.2 Å². The van der Waals surface area contributed by atoms with Crippen LogP contribution >= 0.6 is 11.3 Å². The van der Waals surface area contributed by atoms with Gasteiger partial charge in [0.1, 0.15) is 17.3 Å². The van der Waals surface area contributed by atoms with E-state index in [0.29, 0.717) is 35.8 Å². The number of hydrogen-bond donors (Lipinski definition) is 0. The fourth-order valence-electron chi connectivity index (χ4n) is 5.35. The van der Waals surface area contributed by atoms with Crippen molar-refractivity contribution in [2.75, 3.05) is 26.2 Å². The van der Waals surface area contributed by atoms with Crippen LogP contribution in [0.2, 0.25) is 0 Å². The van der Waals surface area contributed by atoms with Crippen LogP contribution in [-0.4, -0.2) is 53.4 Å². The first-order valence-electron chi connectivity index (χ1n) is 12.6. The van der Waals surface area contributed by atoms with Crippen LogP contribution in [0.1, 0.15) is 36.3 Å². The number of likely N-dealkylation sites (tertiary alicyclic amines) is 1. The SMILES string of the molecule is Cc1ccc(C(C)CCN2CC3C(C2)C3CN(Cc2cccc(OC(F)(F)F)c2)C(=O)Oc2cscn2)o1. The molecule has 0 spiro atoms. The second kappa shape index (κ2) is 11.0. The highest BCUT2D eigenvalue weighted by Crippen LogP contribution is 2.52. The predicted molar refractivity (Wildman–Crippen MR) is 135 cm³/mol. The molecule has 1 amide bonds. The van der Waals surface area contributed by atoms with Gasteiger partial charge in [-0.05, 0) is 67.5 Å².